The van der Waals surface area contributed by atoms with Crippen LogP contribution in [0.5, 0.6) is 0 Å². The lowest BCUT2D eigenvalue weighted by atomic mass is 10.1. The fraction of sp³-hybridized carbons (Fsp3) is 0.462. The summed E-state index contributed by atoms with van der Waals surface area (Å²) in [5.41, 5.74) is 0.968. The average molecular weight is 321 g/mol. The summed E-state index contributed by atoms with van der Waals surface area (Å²) < 4.78 is 5.91. The molecule has 2 N–H and O–H groups in total. The van der Waals surface area contributed by atoms with Gasteiger partial charge in [-0.1, -0.05) is 30.3 Å². The highest BCUT2D eigenvalue weighted by Crippen LogP contribution is 2.13. The molecule has 1 rings (SSSR count). The summed E-state index contributed by atoms with van der Waals surface area (Å²) in [4.78, 5) is 12.0. The summed E-state index contributed by atoms with van der Waals surface area (Å²) in [5, 5.41) is 11.2. The van der Waals surface area contributed by atoms with E-state index in [2.05, 4.69) is 5.32 Å². The van der Waals surface area contributed by atoms with Crippen molar-refractivity contribution in [3.05, 3.63) is 35.9 Å². The number of aliphatic hydroxyl groups excluding tert-OH is 1. The Morgan fingerprint density at radius 1 is 1.30 bits per heavy atom. The highest BCUT2D eigenvalue weighted by Gasteiger charge is 2.23. The van der Waals surface area contributed by atoms with E-state index in [9.17, 15) is 4.79 Å². The normalized spacial score (nSPS) is 12.4. The minimum atomic E-state index is -0.668. The number of nitrogens with zero attached hydrogens (tertiary/aromatic N) is 1. The lowest BCUT2D eigenvalue weighted by molar-refractivity contribution is -0.124. The molecule has 5 nitrogen and oxygen atoms in total. The van der Waals surface area contributed by atoms with E-state index in [1.54, 1.807) is 0 Å². The number of halogens is 2. The third kappa shape index (κ3) is 6.54. The molecule has 1 amide bonds. The molecule has 20 heavy (non-hydrogen) atoms. The molecule has 1 aromatic rings. The van der Waals surface area contributed by atoms with Crippen molar-refractivity contribution in [1.82, 2.24) is 9.25 Å². The van der Waals surface area contributed by atoms with Gasteiger partial charge in [0.25, 0.3) is 0 Å². The van der Waals surface area contributed by atoms with E-state index in [-0.39, 0.29) is 19.1 Å². The summed E-state index contributed by atoms with van der Waals surface area (Å²) in [6.07, 6.45) is 0.414. The van der Waals surface area contributed by atoms with E-state index in [1.807, 2.05) is 30.3 Å². The van der Waals surface area contributed by atoms with E-state index < -0.39 is 6.04 Å². The number of aliphatic hydroxyl groups is 1. The highest BCUT2D eigenvalue weighted by atomic mass is 35.5. The predicted molar refractivity (Wildman–Crippen MR) is 78.4 cm³/mol. The number of ether oxygens (including phenoxy) is 1. The molecular formula is C13H18Cl2N2O3. The van der Waals surface area contributed by atoms with Gasteiger partial charge in [-0.05, 0) is 35.5 Å². The monoisotopic (exact) mass is 320 g/mol. The Hall–Kier alpha value is -0.850. The van der Waals surface area contributed by atoms with Crippen LogP contribution in [0.1, 0.15) is 5.56 Å². The highest BCUT2D eigenvalue weighted by molar-refractivity contribution is 6.35. The molecular weight excluding hydrogens is 303 g/mol. The molecule has 0 spiro atoms. The van der Waals surface area contributed by atoms with Gasteiger partial charge in [-0.3, -0.25) is 4.79 Å². The van der Waals surface area contributed by atoms with Gasteiger partial charge in [0.15, 0.2) is 0 Å². The number of carbonyl (C=O) groups excluding carboxylic acids is 1. The number of nitrogens with one attached hydrogen (secondary N) is 1. The second-order valence-electron chi connectivity index (χ2n) is 4.09. The van der Waals surface area contributed by atoms with Crippen molar-refractivity contribution < 1.29 is 14.6 Å². The van der Waals surface area contributed by atoms with Crippen molar-refractivity contribution in [3.8, 4) is 0 Å². The van der Waals surface area contributed by atoms with Crippen LogP contribution in [0.4, 0.5) is 0 Å². The maximum Gasteiger partial charge on any atom is 0.240 e. The number of carbonyl (C=O) groups is 1. The third-order valence-corrected chi connectivity index (χ3v) is 3.06. The quantitative estimate of drug-likeness (QED) is 0.532. The fourth-order valence-corrected chi connectivity index (χ4v) is 1.93. The minimum absolute atomic E-state index is 0.0400. The molecule has 0 unspecified atom stereocenters. The molecule has 0 radical (unpaired) electrons. The van der Waals surface area contributed by atoms with E-state index in [0.29, 0.717) is 19.6 Å². The summed E-state index contributed by atoms with van der Waals surface area (Å²) >= 11 is 11.4. The van der Waals surface area contributed by atoms with Crippen molar-refractivity contribution in [2.24, 2.45) is 0 Å². The summed E-state index contributed by atoms with van der Waals surface area (Å²) in [5.74, 6) is -0.272. The SMILES string of the molecule is O=C(NCCOCCO)[C@H](Cc1ccccc1)N(Cl)Cl. The molecule has 0 aliphatic rings. The lowest BCUT2D eigenvalue weighted by Gasteiger charge is -2.19. The van der Waals surface area contributed by atoms with Crippen LogP contribution >= 0.6 is 23.6 Å². The number of amides is 1. The van der Waals surface area contributed by atoms with Crippen molar-refractivity contribution in [1.29, 1.82) is 0 Å². The van der Waals surface area contributed by atoms with Gasteiger partial charge in [0, 0.05) is 6.54 Å². The maximum absolute atomic E-state index is 12.0. The Morgan fingerprint density at radius 2 is 2.00 bits per heavy atom. The van der Waals surface area contributed by atoms with Gasteiger partial charge in [-0.25, -0.2) is 0 Å². The second kappa shape index (κ2) is 9.96. The van der Waals surface area contributed by atoms with Crippen LogP contribution in [0.15, 0.2) is 30.3 Å². The minimum Gasteiger partial charge on any atom is -0.394 e. The molecule has 1 aromatic carbocycles. The number of rotatable bonds is 9. The summed E-state index contributed by atoms with van der Waals surface area (Å²) in [7, 11) is 0. The Kier molecular flexibility index (Phi) is 8.57. The van der Waals surface area contributed by atoms with Gasteiger partial charge in [0.05, 0.1) is 19.8 Å². The van der Waals surface area contributed by atoms with Crippen molar-refractivity contribution in [2.75, 3.05) is 26.4 Å². The fourth-order valence-electron chi connectivity index (χ4n) is 1.62. The van der Waals surface area contributed by atoms with E-state index in [0.717, 1.165) is 9.50 Å². The first-order valence-electron chi connectivity index (χ1n) is 6.26. The average Bonchev–Trinajstić information content (AvgIpc) is 2.45. The molecule has 0 aromatic heterocycles. The molecule has 0 bridgehead atoms. The predicted octanol–water partition coefficient (Wildman–Crippen LogP) is 1.33. The molecule has 7 heteroatoms. The van der Waals surface area contributed by atoms with Gasteiger partial charge in [-0.15, -0.1) is 3.94 Å². The van der Waals surface area contributed by atoms with Gasteiger partial charge in [-0.2, -0.15) is 0 Å². The molecule has 0 aliphatic carbocycles. The van der Waals surface area contributed by atoms with E-state index in [1.165, 1.54) is 0 Å². The molecule has 0 fully saturated rings. The molecule has 0 heterocycles. The number of hydrogen-bond acceptors (Lipinski definition) is 4. The lowest BCUT2D eigenvalue weighted by Crippen LogP contribution is -2.42. The maximum atomic E-state index is 12.0. The van der Waals surface area contributed by atoms with Crippen LogP contribution < -0.4 is 5.32 Å². The summed E-state index contributed by atoms with van der Waals surface area (Å²) in [6, 6.07) is 8.82. The van der Waals surface area contributed by atoms with Crippen LogP contribution in [-0.2, 0) is 16.0 Å². The standard InChI is InChI=1S/C13H18Cl2N2O3/c14-17(15)12(10-11-4-2-1-3-5-11)13(19)16-6-8-20-9-7-18/h1-5,12,18H,6-10H2,(H,16,19)/t12-/m0/s1. The van der Waals surface area contributed by atoms with Crippen LogP contribution in [0, 0.1) is 0 Å². The van der Waals surface area contributed by atoms with Crippen molar-refractivity contribution >= 4 is 29.5 Å². The number of benzene rings is 1. The zero-order chi connectivity index (χ0) is 14.8. The van der Waals surface area contributed by atoms with Crippen molar-refractivity contribution in [2.45, 2.75) is 12.5 Å². The first-order chi connectivity index (χ1) is 9.65. The van der Waals surface area contributed by atoms with Gasteiger partial charge < -0.3 is 15.2 Å². The van der Waals surface area contributed by atoms with Gasteiger partial charge in [0.2, 0.25) is 5.91 Å². The Labute approximate surface area is 128 Å². The third-order valence-electron chi connectivity index (χ3n) is 2.59. The van der Waals surface area contributed by atoms with Gasteiger partial charge >= 0.3 is 0 Å². The molecule has 112 valence electrons. The summed E-state index contributed by atoms with van der Waals surface area (Å²) in [6.45, 7) is 0.878. The van der Waals surface area contributed by atoms with E-state index >= 15 is 0 Å². The van der Waals surface area contributed by atoms with Crippen LogP contribution in [0.2, 0.25) is 0 Å². The molecule has 0 saturated heterocycles. The molecule has 0 saturated carbocycles. The van der Waals surface area contributed by atoms with Crippen molar-refractivity contribution in [3.63, 3.8) is 0 Å². The Morgan fingerprint density at radius 3 is 2.60 bits per heavy atom. The zero-order valence-electron chi connectivity index (χ0n) is 11.0. The van der Waals surface area contributed by atoms with Crippen LogP contribution in [0.3, 0.4) is 0 Å². The molecule has 0 aliphatic heterocycles. The Bertz CT molecular complexity index is 390. The Balaban J connectivity index is 2.43. The largest absolute Gasteiger partial charge is 0.394 e. The van der Waals surface area contributed by atoms with Gasteiger partial charge in [0.1, 0.15) is 6.04 Å². The van der Waals surface area contributed by atoms with E-state index in [4.69, 9.17) is 33.4 Å². The second-order valence-corrected chi connectivity index (χ2v) is 4.99. The number of hydrogen-bond donors (Lipinski definition) is 2. The zero-order valence-corrected chi connectivity index (χ0v) is 12.5. The first-order valence-corrected chi connectivity index (χ1v) is 6.93. The first kappa shape index (κ1) is 17.2. The van der Waals surface area contributed by atoms with Crippen LogP contribution in [0.25, 0.3) is 0 Å². The molecule has 1 atom stereocenters. The van der Waals surface area contributed by atoms with Crippen LogP contribution in [-0.4, -0.2) is 47.4 Å². The smallest absolute Gasteiger partial charge is 0.240 e. The topological polar surface area (TPSA) is 61.8 Å².